The van der Waals surface area contributed by atoms with Gasteiger partial charge in [0.05, 0.1) is 13.5 Å². The van der Waals surface area contributed by atoms with Crippen molar-refractivity contribution in [3.05, 3.63) is 53.6 Å². The Morgan fingerprint density at radius 1 is 1.17 bits per heavy atom. The number of carbonyl (C=O) groups is 1. The van der Waals surface area contributed by atoms with E-state index in [4.69, 9.17) is 14.2 Å². The van der Waals surface area contributed by atoms with Crippen molar-refractivity contribution < 1.29 is 19.0 Å². The number of para-hydroxylation sites is 1. The van der Waals surface area contributed by atoms with Crippen molar-refractivity contribution in [2.24, 2.45) is 0 Å². The molecule has 23 heavy (non-hydrogen) atoms. The zero-order valence-corrected chi connectivity index (χ0v) is 13.0. The molecular weight excluding hydrogens is 294 g/mol. The molecule has 1 aliphatic rings. The summed E-state index contributed by atoms with van der Waals surface area (Å²) >= 11 is 0. The Kier molecular flexibility index (Phi) is 4.66. The topological polar surface area (TPSA) is 56.8 Å². The second kappa shape index (κ2) is 7.05. The van der Waals surface area contributed by atoms with Crippen LogP contribution in [0, 0.1) is 0 Å². The van der Waals surface area contributed by atoms with Gasteiger partial charge < -0.3 is 19.5 Å². The van der Waals surface area contributed by atoms with Crippen LogP contribution in [0.2, 0.25) is 0 Å². The zero-order chi connectivity index (χ0) is 16.1. The minimum Gasteiger partial charge on any atom is -0.496 e. The first kappa shape index (κ1) is 15.2. The Morgan fingerprint density at radius 3 is 2.87 bits per heavy atom. The van der Waals surface area contributed by atoms with Gasteiger partial charge in [0, 0.05) is 12.1 Å². The van der Waals surface area contributed by atoms with E-state index >= 15 is 0 Å². The van der Waals surface area contributed by atoms with E-state index in [1.807, 2.05) is 42.5 Å². The van der Waals surface area contributed by atoms with Gasteiger partial charge in [-0.1, -0.05) is 24.3 Å². The molecule has 1 amide bonds. The van der Waals surface area contributed by atoms with Gasteiger partial charge >= 0.3 is 0 Å². The molecule has 1 N–H and O–H groups in total. The molecule has 3 rings (SSSR count). The highest BCUT2D eigenvalue weighted by Crippen LogP contribution is 2.32. The summed E-state index contributed by atoms with van der Waals surface area (Å²) < 4.78 is 15.9. The van der Waals surface area contributed by atoms with E-state index in [1.165, 1.54) is 0 Å². The summed E-state index contributed by atoms with van der Waals surface area (Å²) in [6, 6.07) is 13.4. The molecule has 120 valence electrons. The number of hydrogen-bond acceptors (Lipinski definition) is 4. The van der Waals surface area contributed by atoms with Crippen molar-refractivity contribution in [2.45, 2.75) is 12.8 Å². The fraction of sp³-hybridized carbons (Fsp3) is 0.278. The van der Waals surface area contributed by atoms with E-state index in [0.717, 1.165) is 34.8 Å². The maximum absolute atomic E-state index is 12.0. The molecule has 1 heterocycles. The highest BCUT2D eigenvalue weighted by molar-refractivity contribution is 5.79. The smallest absolute Gasteiger partial charge is 0.231 e. The maximum Gasteiger partial charge on any atom is 0.231 e. The molecule has 0 fully saturated rings. The van der Waals surface area contributed by atoms with Crippen LogP contribution in [-0.4, -0.2) is 26.4 Å². The normalized spacial score (nSPS) is 12.0. The third kappa shape index (κ3) is 3.74. The van der Waals surface area contributed by atoms with Crippen LogP contribution >= 0.6 is 0 Å². The third-order valence-electron chi connectivity index (χ3n) is 3.72. The van der Waals surface area contributed by atoms with Gasteiger partial charge in [-0.15, -0.1) is 0 Å². The van der Waals surface area contributed by atoms with Gasteiger partial charge in [-0.05, 0) is 30.2 Å². The molecule has 0 saturated carbocycles. The number of fused-ring (bicyclic) bond motifs is 1. The lowest BCUT2D eigenvalue weighted by Gasteiger charge is -2.09. The van der Waals surface area contributed by atoms with Crippen LogP contribution in [0.15, 0.2) is 42.5 Å². The van der Waals surface area contributed by atoms with Gasteiger partial charge in [-0.3, -0.25) is 4.79 Å². The lowest BCUT2D eigenvalue weighted by Crippen LogP contribution is -2.27. The highest BCUT2D eigenvalue weighted by Gasteiger charge is 2.13. The summed E-state index contributed by atoms with van der Waals surface area (Å²) in [7, 11) is 1.61. The quantitative estimate of drug-likeness (QED) is 0.889. The van der Waals surface area contributed by atoms with Gasteiger partial charge in [0.1, 0.15) is 5.75 Å². The number of ether oxygens (including phenoxy) is 3. The van der Waals surface area contributed by atoms with Gasteiger partial charge in [-0.25, -0.2) is 0 Å². The number of methoxy groups -OCH3 is 1. The molecule has 0 aliphatic carbocycles. The monoisotopic (exact) mass is 313 g/mol. The minimum absolute atomic E-state index is 0.0183. The van der Waals surface area contributed by atoms with Crippen molar-refractivity contribution in [1.29, 1.82) is 0 Å². The summed E-state index contributed by atoms with van der Waals surface area (Å²) in [6.45, 7) is 0.849. The lowest BCUT2D eigenvalue weighted by molar-refractivity contribution is -0.120. The van der Waals surface area contributed by atoms with E-state index in [1.54, 1.807) is 7.11 Å². The SMILES string of the molecule is COc1ccccc1CC(=O)NCCc1ccc2c(c1)OCO2. The van der Waals surface area contributed by atoms with E-state index in [-0.39, 0.29) is 12.7 Å². The molecule has 5 heteroatoms. The van der Waals surface area contributed by atoms with E-state index in [0.29, 0.717) is 13.0 Å². The summed E-state index contributed by atoms with van der Waals surface area (Å²) in [5, 5.41) is 2.93. The third-order valence-corrected chi connectivity index (χ3v) is 3.72. The standard InChI is InChI=1S/C18H19NO4/c1-21-15-5-3-2-4-14(15)11-18(20)19-9-8-13-6-7-16-17(10-13)23-12-22-16/h2-7,10H,8-9,11-12H2,1H3,(H,19,20). The Balaban J connectivity index is 1.49. The molecule has 0 spiro atoms. The number of benzene rings is 2. The van der Waals surface area contributed by atoms with Crippen LogP contribution in [-0.2, 0) is 17.6 Å². The van der Waals surface area contributed by atoms with Crippen molar-refractivity contribution in [3.63, 3.8) is 0 Å². The molecule has 0 radical (unpaired) electrons. The fourth-order valence-electron chi connectivity index (χ4n) is 2.53. The zero-order valence-electron chi connectivity index (χ0n) is 13.0. The molecule has 2 aromatic carbocycles. The van der Waals surface area contributed by atoms with Gasteiger partial charge in [-0.2, -0.15) is 0 Å². The molecule has 0 unspecified atom stereocenters. The highest BCUT2D eigenvalue weighted by atomic mass is 16.7. The Hall–Kier alpha value is -2.69. The molecule has 2 aromatic rings. The van der Waals surface area contributed by atoms with Crippen molar-refractivity contribution in [2.75, 3.05) is 20.4 Å². The van der Waals surface area contributed by atoms with Crippen LogP contribution in [0.25, 0.3) is 0 Å². The average molecular weight is 313 g/mol. The Labute approximate surface area is 135 Å². The van der Waals surface area contributed by atoms with Gasteiger partial charge in [0.2, 0.25) is 12.7 Å². The fourth-order valence-corrected chi connectivity index (χ4v) is 2.53. The van der Waals surface area contributed by atoms with E-state index < -0.39 is 0 Å². The second-order valence-electron chi connectivity index (χ2n) is 5.28. The molecule has 0 atom stereocenters. The first-order chi connectivity index (χ1) is 11.3. The molecule has 0 saturated heterocycles. The van der Waals surface area contributed by atoms with Crippen LogP contribution in [0.4, 0.5) is 0 Å². The predicted octanol–water partition coefficient (Wildman–Crippen LogP) is 2.33. The first-order valence-corrected chi connectivity index (χ1v) is 7.53. The molecule has 5 nitrogen and oxygen atoms in total. The molecule has 0 bridgehead atoms. The van der Waals surface area contributed by atoms with Crippen molar-refractivity contribution in [3.8, 4) is 17.2 Å². The predicted molar refractivity (Wildman–Crippen MR) is 86.0 cm³/mol. The summed E-state index contributed by atoms with van der Waals surface area (Å²) in [5.74, 6) is 2.26. The first-order valence-electron chi connectivity index (χ1n) is 7.53. The maximum atomic E-state index is 12.0. The molecular formula is C18H19NO4. The van der Waals surface area contributed by atoms with Gasteiger partial charge in [0.15, 0.2) is 11.5 Å². The number of amides is 1. The van der Waals surface area contributed by atoms with Crippen LogP contribution in [0.5, 0.6) is 17.2 Å². The van der Waals surface area contributed by atoms with Crippen molar-refractivity contribution in [1.82, 2.24) is 5.32 Å². The van der Waals surface area contributed by atoms with E-state index in [9.17, 15) is 4.79 Å². The number of carbonyl (C=O) groups excluding carboxylic acids is 1. The second-order valence-corrected chi connectivity index (χ2v) is 5.28. The van der Waals surface area contributed by atoms with Crippen LogP contribution in [0.3, 0.4) is 0 Å². The number of hydrogen-bond donors (Lipinski definition) is 1. The molecule has 0 aromatic heterocycles. The van der Waals surface area contributed by atoms with Crippen LogP contribution in [0.1, 0.15) is 11.1 Å². The van der Waals surface area contributed by atoms with Crippen LogP contribution < -0.4 is 19.5 Å². The number of nitrogens with one attached hydrogen (secondary N) is 1. The lowest BCUT2D eigenvalue weighted by atomic mass is 10.1. The summed E-state index contributed by atoms with van der Waals surface area (Å²) in [5.41, 5.74) is 1.99. The van der Waals surface area contributed by atoms with Crippen molar-refractivity contribution >= 4 is 5.91 Å². The summed E-state index contributed by atoms with van der Waals surface area (Å²) in [6.07, 6.45) is 1.06. The van der Waals surface area contributed by atoms with Gasteiger partial charge in [0.25, 0.3) is 0 Å². The largest absolute Gasteiger partial charge is 0.496 e. The number of rotatable bonds is 6. The minimum atomic E-state index is -0.0183. The summed E-state index contributed by atoms with van der Waals surface area (Å²) in [4.78, 5) is 12.0. The Bertz CT molecular complexity index is 699. The molecule has 1 aliphatic heterocycles. The van der Waals surface area contributed by atoms with E-state index in [2.05, 4.69) is 5.32 Å². The average Bonchev–Trinajstić information content (AvgIpc) is 3.03. The Morgan fingerprint density at radius 2 is 2.00 bits per heavy atom.